The molecule has 1 aromatic heterocycles. The van der Waals surface area contributed by atoms with Gasteiger partial charge in [-0.3, -0.25) is 0 Å². The van der Waals surface area contributed by atoms with E-state index >= 15 is 0 Å². The van der Waals surface area contributed by atoms with E-state index < -0.39 is 5.60 Å². The molecule has 0 unspecified atom stereocenters. The summed E-state index contributed by atoms with van der Waals surface area (Å²) in [4.78, 5) is 4.06. The first kappa shape index (κ1) is 11.2. The van der Waals surface area contributed by atoms with Gasteiger partial charge >= 0.3 is 0 Å². The summed E-state index contributed by atoms with van der Waals surface area (Å²) >= 11 is 0. The fourth-order valence-electron chi connectivity index (χ4n) is 1.79. The molecule has 1 aliphatic heterocycles. The van der Waals surface area contributed by atoms with E-state index in [1.165, 1.54) is 0 Å². The highest BCUT2D eigenvalue weighted by Gasteiger charge is 2.35. The lowest BCUT2D eigenvalue weighted by molar-refractivity contribution is -0.00948. The highest BCUT2D eigenvalue weighted by atomic mass is 16.5. The monoisotopic (exact) mass is 224 g/mol. The summed E-state index contributed by atoms with van der Waals surface area (Å²) < 4.78 is 10.3. The van der Waals surface area contributed by atoms with Crippen molar-refractivity contribution in [2.45, 2.75) is 12.0 Å². The lowest BCUT2D eigenvalue weighted by Crippen LogP contribution is -2.60. The Kier molecular flexibility index (Phi) is 2.98. The van der Waals surface area contributed by atoms with Crippen LogP contribution >= 0.6 is 0 Å². The number of rotatable bonds is 4. The molecule has 2 rings (SSSR count). The second kappa shape index (κ2) is 4.27. The second-order valence-electron chi connectivity index (χ2n) is 4.04. The minimum Gasteiger partial charge on any atom is -0.495 e. The molecular formula is C11H16N2O3. The molecule has 0 aliphatic carbocycles. The van der Waals surface area contributed by atoms with Crippen LogP contribution in [0.1, 0.15) is 5.56 Å². The highest BCUT2D eigenvalue weighted by Crippen LogP contribution is 2.27. The highest BCUT2D eigenvalue weighted by molar-refractivity contribution is 5.36. The number of pyridine rings is 1. The van der Waals surface area contributed by atoms with Crippen LogP contribution < -0.4 is 14.8 Å². The molecule has 0 bridgehead atoms. The molecule has 1 fully saturated rings. The lowest BCUT2D eigenvalue weighted by Gasteiger charge is -2.37. The third-order valence-corrected chi connectivity index (χ3v) is 2.78. The Hall–Kier alpha value is -1.33. The van der Waals surface area contributed by atoms with Crippen molar-refractivity contribution in [2.24, 2.45) is 0 Å². The van der Waals surface area contributed by atoms with E-state index in [1.807, 2.05) is 0 Å². The zero-order chi connectivity index (χ0) is 11.6. The Morgan fingerprint density at radius 1 is 1.44 bits per heavy atom. The predicted octanol–water partition coefficient (Wildman–Crippen LogP) is -0.0244. The molecule has 0 spiro atoms. The normalized spacial score (nSPS) is 17.7. The van der Waals surface area contributed by atoms with Crippen molar-refractivity contribution in [2.75, 3.05) is 27.3 Å². The number of hydrogen-bond donors (Lipinski definition) is 2. The summed E-state index contributed by atoms with van der Waals surface area (Å²) in [6, 6.07) is 1.80. The molecular weight excluding hydrogens is 208 g/mol. The Bertz CT molecular complexity index is 377. The van der Waals surface area contributed by atoms with Crippen LogP contribution in [0.3, 0.4) is 0 Å². The van der Waals surface area contributed by atoms with Crippen LogP contribution in [0.25, 0.3) is 0 Å². The zero-order valence-electron chi connectivity index (χ0n) is 9.49. The van der Waals surface area contributed by atoms with Crippen molar-refractivity contribution < 1.29 is 14.6 Å². The van der Waals surface area contributed by atoms with Gasteiger partial charge in [0.1, 0.15) is 5.75 Å². The van der Waals surface area contributed by atoms with E-state index in [4.69, 9.17) is 9.47 Å². The molecule has 0 radical (unpaired) electrons. The van der Waals surface area contributed by atoms with Gasteiger partial charge in [0.25, 0.3) is 0 Å². The molecule has 0 atom stereocenters. The van der Waals surface area contributed by atoms with Gasteiger partial charge in [-0.15, -0.1) is 0 Å². The summed E-state index contributed by atoms with van der Waals surface area (Å²) in [5.74, 6) is 1.22. The first-order valence-corrected chi connectivity index (χ1v) is 5.17. The van der Waals surface area contributed by atoms with Gasteiger partial charge in [0.05, 0.1) is 26.0 Å². The average Bonchev–Trinajstić information content (AvgIpc) is 2.27. The molecule has 2 N–H and O–H groups in total. The average molecular weight is 224 g/mol. The van der Waals surface area contributed by atoms with Crippen molar-refractivity contribution in [3.63, 3.8) is 0 Å². The zero-order valence-corrected chi connectivity index (χ0v) is 9.49. The molecule has 88 valence electrons. The van der Waals surface area contributed by atoms with Gasteiger partial charge in [-0.1, -0.05) is 0 Å². The van der Waals surface area contributed by atoms with Gasteiger partial charge in [0.2, 0.25) is 5.88 Å². The van der Waals surface area contributed by atoms with Crippen LogP contribution in [0.5, 0.6) is 11.6 Å². The molecule has 1 aliphatic rings. The Labute approximate surface area is 94.4 Å². The van der Waals surface area contributed by atoms with E-state index in [1.54, 1.807) is 26.5 Å². The summed E-state index contributed by atoms with van der Waals surface area (Å²) in [5, 5.41) is 13.1. The van der Waals surface area contributed by atoms with E-state index in [-0.39, 0.29) is 0 Å². The minimum absolute atomic E-state index is 0.534. The number of ether oxygens (including phenoxy) is 2. The topological polar surface area (TPSA) is 63.6 Å². The van der Waals surface area contributed by atoms with Gasteiger partial charge in [0, 0.05) is 31.1 Å². The van der Waals surface area contributed by atoms with Crippen LogP contribution in [0.15, 0.2) is 12.3 Å². The fourth-order valence-corrected chi connectivity index (χ4v) is 1.79. The van der Waals surface area contributed by atoms with E-state index in [0.717, 1.165) is 5.56 Å². The predicted molar refractivity (Wildman–Crippen MR) is 58.9 cm³/mol. The number of methoxy groups -OCH3 is 2. The second-order valence-corrected chi connectivity index (χ2v) is 4.04. The maximum atomic E-state index is 10.1. The maximum Gasteiger partial charge on any atom is 0.213 e. The van der Waals surface area contributed by atoms with Crippen LogP contribution in [-0.4, -0.2) is 43.0 Å². The SMILES string of the molecule is COc1cc(CC2(O)CNC2)c(OC)cn1. The standard InChI is InChI=1S/C11H16N2O3/c1-15-9-5-13-10(16-2)3-8(9)4-11(14)6-12-7-11/h3,5,12,14H,4,6-7H2,1-2H3. The van der Waals surface area contributed by atoms with Gasteiger partial charge in [-0.05, 0) is 0 Å². The number of hydrogen-bond acceptors (Lipinski definition) is 5. The number of β-amino-alcohol motifs (C(OH)–C–C–N with tert-alkyl or cyclic N) is 1. The van der Waals surface area contributed by atoms with Crippen LogP contribution in [-0.2, 0) is 6.42 Å². The van der Waals surface area contributed by atoms with Crippen molar-refractivity contribution in [3.8, 4) is 11.6 Å². The van der Waals surface area contributed by atoms with E-state index in [2.05, 4.69) is 10.3 Å². The fraction of sp³-hybridized carbons (Fsp3) is 0.545. The summed E-state index contributed by atoms with van der Waals surface area (Å²) in [7, 11) is 3.16. The van der Waals surface area contributed by atoms with Crippen molar-refractivity contribution in [3.05, 3.63) is 17.8 Å². The van der Waals surface area contributed by atoms with Crippen LogP contribution in [0.2, 0.25) is 0 Å². The lowest BCUT2D eigenvalue weighted by atomic mass is 9.89. The van der Waals surface area contributed by atoms with Gasteiger partial charge in [-0.25, -0.2) is 4.98 Å². The molecule has 0 saturated carbocycles. The van der Waals surface area contributed by atoms with Crippen LogP contribution in [0.4, 0.5) is 0 Å². The third-order valence-electron chi connectivity index (χ3n) is 2.78. The van der Waals surface area contributed by atoms with Crippen molar-refractivity contribution >= 4 is 0 Å². The first-order valence-electron chi connectivity index (χ1n) is 5.17. The van der Waals surface area contributed by atoms with Crippen molar-refractivity contribution in [1.29, 1.82) is 0 Å². The smallest absolute Gasteiger partial charge is 0.213 e. The summed E-state index contributed by atoms with van der Waals surface area (Å²) in [6.45, 7) is 1.22. The Morgan fingerprint density at radius 3 is 2.69 bits per heavy atom. The molecule has 5 heteroatoms. The Balaban J connectivity index is 2.22. The van der Waals surface area contributed by atoms with E-state index in [9.17, 15) is 5.11 Å². The third kappa shape index (κ3) is 2.10. The number of aromatic nitrogens is 1. The molecule has 1 aromatic rings. The van der Waals surface area contributed by atoms with Crippen LogP contribution in [0, 0.1) is 0 Å². The van der Waals surface area contributed by atoms with Gasteiger partial charge in [0.15, 0.2) is 0 Å². The minimum atomic E-state index is -0.667. The van der Waals surface area contributed by atoms with E-state index in [0.29, 0.717) is 31.1 Å². The number of nitrogens with one attached hydrogen (secondary N) is 1. The van der Waals surface area contributed by atoms with Gasteiger partial charge in [-0.2, -0.15) is 0 Å². The molecule has 5 nitrogen and oxygen atoms in total. The Morgan fingerprint density at radius 2 is 2.19 bits per heavy atom. The number of nitrogens with zero attached hydrogens (tertiary/aromatic N) is 1. The molecule has 0 amide bonds. The molecule has 1 saturated heterocycles. The molecule has 0 aromatic carbocycles. The maximum absolute atomic E-state index is 10.1. The quantitative estimate of drug-likeness (QED) is 0.752. The molecule has 2 heterocycles. The largest absolute Gasteiger partial charge is 0.495 e. The first-order chi connectivity index (χ1) is 7.67. The number of aliphatic hydroxyl groups is 1. The van der Waals surface area contributed by atoms with Gasteiger partial charge < -0.3 is 19.9 Å². The van der Waals surface area contributed by atoms with Crippen molar-refractivity contribution in [1.82, 2.24) is 10.3 Å². The molecule has 16 heavy (non-hydrogen) atoms. The summed E-state index contributed by atoms with van der Waals surface area (Å²) in [5.41, 5.74) is 0.248. The summed E-state index contributed by atoms with van der Waals surface area (Å²) in [6.07, 6.45) is 2.16.